The molecule has 11 heteroatoms. The van der Waals surface area contributed by atoms with E-state index < -0.39 is 10.0 Å². The van der Waals surface area contributed by atoms with Crippen molar-refractivity contribution in [1.29, 1.82) is 0 Å². The van der Waals surface area contributed by atoms with E-state index >= 15 is 0 Å². The van der Waals surface area contributed by atoms with E-state index in [1.54, 1.807) is 65.8 Å². The number of imidazole rings is 1. The molecule has 0 saturated heterocycles. The number of sulfonamides is 1. The molecule has 0 saturated carbocycles. The summed E-state index contributed by atoms with van der Waals surface area (Å²) in [7, 11) is -3.81. The van der Waals surface area contributed by atoms with Crippen LogP contribution >= 0.6 is 0 Å². The van der Waals surface area contributed by atoms with Crippen LogP contribution in [0, 0.1) is 0 Å². The Balaban J connectivity index is 1.26. The van der Waals surface area contributed by atoms with Gasteiger partial charge < -0.3 is 14.2 Å². The standard InChI is InChI=1S/C22H19N5O5S/c28-33(29,18-6-7-19-20(14-18)31-13-1-12-30-19)26-16-2-4-17(5-3-16)32-22-9-8-21(24-25-22)27-11-10-23-15-27/h2-11,14-15,26H,1,12-13H2. The summed E-state index contributed by atoms with van der Waals surface area (Å²) in [6.45, 7) is 1.01. The quantitative estimate of drug-likeness (QED) is 0.460. The molecule has 4 aromatic rings. The van der Waals surface area contributed by atoms with E-state index in [0.717, 1.165) is 6.42 Å². The van der Waals surface area contributed by atoms with Gasteiger partial charge in [-0.1, -0.05) is 0 Å². The maximum Gasteiger partial charge on any atom is 0.262 e. The first-order valence-corrected chi connectivity index (χ1v) is 11.6. The maximum atomic E-state index is 12.8. The summed E-state index contributed by atoms with van der Waals surface area (Å²) in [6.07, 6.45) is 5.77. The van der Waals surface area contributed by atoms with E-state index in [1.807, 2.05) is 0 Å². The van der Waals surface area contributed by atoms with Crippen molar-refractivity contribution in [2.24, 2.45) is 0 Å². The fraction of sp³-hybridized carbons (Fsp3) is 0.136. The van der Waals surface area contributed by atoms with Gasteiger partial charge in [0.25, 0.3) is 10.0 Å². The first kappa shape index (κ1) is 20.8. The SMILES string of the molecule is O=S(=O)(Nc1ccc(Oc2ccc(-n3ccnc3)nn2)cc1)c1ccc2c(c1)OCCCO2. The average molecular weight is 465 g/mol. The van der Waals surface area contributed by atoms with Crippen LogP contribution in [0.2, 0.25) is 0 Å². The van der Waals surface area contributed by atoms with Crippen LogP contribution in [0.1, 0.15) is 6.42 Å². The third-order valence-corrected chi connectivity index (χ3v) is 6.13. The van der Waals surface area contributed by atoms with Gasteiger partial charge in [-0.2, -0.15) is 0 Å². The zero-order valence-corrected chi connectivity index (χ0v) is 18.1. The van der Waals surface area contributed by atoms with Gasteiger partial charge in [0.15, 0.2) is 17.3 Å². The van der Waals surface area contributed by atoms with Crippen molar-refractivity contribution < 1.29 is 22.6 Å². The Morgan fingerprint density at radius 1 is 0.939 bits per heavy atom. The van der Waals surface area contributed by atoms with Gasteiger partial charge in [0.2, 0.25) is 5.88 Å². The molecule has 0 amide bonds. The minimum atomic E-state index is -3.81. The number of anilines is 1. The number of hydrogen-bond acceptors (Lipinski definition) is 8. The lowest BCUT2D eigenvalue weighted by Crippen LogP contribution is -2.13. The number of aromatic nitrogens is 4. The zero-order valence-electron chi connectivity index (χ0n) is 17.3. The summed E-state index contributed by atoms with van der Waals surface area (Å²) in [4.78, 5) is 4.05. The van der Waals surface area contributed by atoms with Gasteiger partial charge in [0.1, 0.15) is 12.1 Å². The predicted octanol–water partition coefficient (Wildman–Crippen LogP) is 3.42. The van der Waals surface area contributed by atoms with Crippen molar-refractivity contribution in [2.45, 2.75) is 11.3 Å². The van der Waals surface area contributed by atoms with Crippen LogP contribution in [-0.4, -0.2) is 41.4 Å². The van der Waals surface area contributed by atoms with Gasteiger partial charge in [0, 0.05) is 36.6 Å². The summed E-state index contributed by atoms with van der Waals surface area (Å²) in [6, 6.07) is 14.5. The molecule has 10 nitrogen and oxygen atoms in total. The highest BCUT2D eigenvalue weighted by Gasteiger charge is 2.19. The Hall–Kier alpha value is -4.12. The third kappa shape index (κ3) is 4.72. The summed E-state index contributed by atoms with van der Waals surface area (Å²) in [5.41, 5.74) is 0.385. The molecule has 3 heterocycles. The minimum Gasteiger partial charge on any atom is -0.490 e. The first-order chi connectivity index (χ1) is 16.1. The number of benzene rings is 2. The van der Waals surface area contributed by atoms with Crippen molar-refractivity contribution in [1.82, 2.24) is 19.7 Å². The monoisotopic (exact) mass is 465 g/mol. The summed E-state index contributed by atoms with van der Waals surface area (Å²) >= 11 is 0. The molecule has 1 aliphatic rings. The number of rotatable bonds is 6. The second kappa shape index (κ2) is 8.79. The summed E-state index contributed by atoms with van der Waals surface area (Å²) < 4.78 is 46.7. The van der Waals surface area contributed by atoms with Gasteiger partial charge in [0.05, 0.1) is 18.1 Å². The molecule has 1 aliphatic heterocycles. The Morgan fingerprint density at radius 3 is 2.48 bits per heavy atom. The summed E-state index contributed by atoms with van der Waals surface area (Å²) in [5, 5.41) is 8.13. The minimum absolute atomic E-state index is 0.0836. The van der Waals surface area contributed by atoms with Gasteiger partial charge in [-0.25, -0.2) is 13.4 Å². The Labute approximate surface area is 189 Å². The van der Waals surface area contributed by atoms with E-state index in [2.05, 4.69) is 19.9 Å². The lowest BCUT2D eigenvalue weighted by atomic mass is 10.3. The number of nitrogens with zero attached hydrogens (tertiary/aromatic N) is 4. The highest BCUT2D eigenvalue weighted by molar-refractivity contribution is 7.92. The Morgan fingerprint density at radius 2 is 1.76 bits per heavy atom. The highest BCUT2D eigenvalue weighted by Crippen LogP contribution is 2.32. The molecule has 2 aromatic carbocycles. The Bertz CT molecular complexity index is 1340. The van der Waals surface area contributed by atoms with Crippen molar-refractivity contribution in [3.8, 4) is 28.9 Å². The fourth-order valence-corrected chi connectivity index (χ4v) is 4.21. The molecule has 0 atom stereocenters. The molecule has 0 fully saturated rings. The van der Waals surface area contributed by atoms with Crippen LogP contribution in [0.4, 0.5) is 5.69 Å². The molecule has 0 aliphatic carbocycles. The Kier molecular flexibility index (Phi) is 5.53. The third-order valence-electron chi connectivity index (χ3n) is 4.75. The van der Waals surface area contributed by atoms with Crippen LogP contribution in [-0.2, 0) is 10.0 Å². The fourth-order valence-electron chi connectivity index (χ4n) is 3.14. The van der Waals surface area contributed by atoms with Crippen LogP contribution in [0.3, 0.4) is 0 Å². The van der Waals surface area contributed by atoms with Gasteiger partial charge in [-0.05, 0) is 42.5 Å². The van der Waals surface area contributed by atoms with Crippen LogP contribution in [0.15, 0.2) is 78.2 Å². The molecule has 33 heavy (non-hydrogen) atoms. The lowest BCUT2D eigenvalue weighted by molar-refractivity contribution is 0.297. The van der Waals surface area contributed by atoms with Gasteiger partial charge >= 0.3 is 0 Å². The van der Waals surface area contributed by atoms with E-state index in [-0.39, 0.29) is 4.90 Å². The van der Waals surface area contributed by atoms with Crippen LogP contribution < -0.4 is 18.9 Å². The second-order valence-corrected chi connectivity index (χ2v) is 8.77. The van der Waals surface area contributed by atoms with E-state index in [4.69, 9.17) is 14.2 Å². The molecule has 2 aromatic heterocycles. The molecule has 0 unspecified atom stereocenters. The van der Waals surface area contributed by atoms with E-state index in [9.17, 15) is 8.42 Å². The predicted molar refractivity (Wildman–Crippen MR) is 119 cm³/mol. The van der Waals surface area contributed by atoms with Crippen LogP contribution in [0.5, 0.6) is 23.1 Å². The molecule has 1 N–H and O–H groups in total. The van der Waals surface area contributed by atoms with Crippen molar-refractivity contribution in [2.75, 3.05) is 17.9 Å². The van der Waals surface area contributed by atoms with Crippen LogP contribution in [0.25, 0.3) is 5.82 Å². The molecule has 5 rings (SSSR count). The number of ether oxygens (including phenoxy) is 3. The van der Waals surface area contributed by atoms with E-state index in [1.165, 1.54) is 12.1 Å². The smallest absolute Gasteiger partial charge is 0.262 e. The zero-order chi connectivity index (χ0) is 22.7. The number of hydrogen-bond donors (Lipinski definition) is 1. The van der Waals surface area contributed by atoms with Crippen molar-refractivity contribution >= 4 is 15.7 Å². The average Bonchev–Trinajstić information content (AvgIpc) is 3.26. The van der Waals surface area contributed by atoms with Crippen molar-refractivity contribution in [3.05, 3.63) is 73.3 Å². The van der Waals surface area contributed by atoms with Crippen molar-refractivity contribution in [3.63, 3.8) is 0 Å². The topological polar surface area (TPSA) is 117 Å². The molecule has 0 spiro atoms. The largest absolute Gasteiger partial charge is 0.490 e. The van der Waals surface area contributed by atoms with E-state index in [0.29, 0.717) is 47.8 Å². The first-order valence-electron chi connectivity index (χ1n) is 10.1. The normalized spacial score (nSPS) is 13.2. The molecule has 0 radical (unpaired) electrons. The number of nitrogens with one attached hydrogen (secondary N) is 1. The molecule has 168 valence electrons. The second-order valence-electron chi connectivity index (χ2n) is 7.09. The summed E-state index contributed by atoms with van der Waals surface area (Å²) in [5.74, 6) is 2.35. The maximum absolute atomic E-state index is 12.8. The van der Waals surface area contributed by atoms with Gasteiger partial charge in [-0.3, -0.25) is 9.29 Å². The highest BCUT2D eigenvalue weighted by atomic mass is 32.2. The molecular weight excluding hydrogens is 446 g/mol. The lowest BCUT2D eigenvalue weighted by Gasteiger charge is -2.12. The molecular formula is C22H19N5O5S. The van der Waals surface area contributed by atoms with Gasteiger partial charge in [-0.15, -0.1) is 10.2 Å². The number of fused-ring (bicyclic) bond motifs is 1. The molecule has 0 bridgehead atoms.